The third-order valence-corrected chi connectivity index (χ3v) is 7.61. The topological polar surface area (TPSA) is 106 Å². The molecule has 0 radical (unpaired) electrons. The number of nitrogens with one attached hydrogen (secondary N) is 1. The maximum Gasteiger partial charge on any atom is 0.340 e. The van der Waals surface area contributed by atoms with E-state index in [1.54, 1.807) is 17.0 Å². The van der Waals surface area contributed by atoms with Crippen molar-refractivity contribution in [3.05, 3.63) is 23.9 Å². The first-order chi connectivity index (χ1) is 13.9. The second kappa shape index (κ2) is 8.30. The predicted octanol–water partition coefficient (Wildman–Crippen LogP) is 1.77. The summed E-state index contributed by atoms with van der Waals surface area (Å²) >= 11 is 0. The highest BCUT2D eigenvalue weighted by molar-refractivity contribution is 7.91. The molecule has 158 valence electrons. The standard InChI is InChI=1S/C20H27N3O5S/c24-19(23(16-3-1-2-4-16)17-9-10-29(26,27)13-17)12-28-20(25)14-5-8-18(21-11-14)22-15-6-7-15/h5,8,11,15-17H,1-4,6-7,9-10,12-13H2,(H,21,22). The van der Waals surface area contributed by atoms with Gasteiger partial charge < -0.3 is 15.0 Å². The number of esters is 1. The van der Waals surface area contributed by atoms with Crippen LogP contribution in [0.1, 0.15) is 55.3 Å². The van der Waals surface area contributed by atoms with Crippen LogP contribution in [-0.4, -0.2) is 66.4 Å². The van der Waals surface area contributed by atoms with E-state index in [0.29, 0.717) is 12.5 Å². The van der Waals surface area contributed by atoms with Crippen LogP contribution in [0, 0.1) is 0 Å². The lowest BCUT2D eigenvalue weighted by Gasteiger charge is -2.33. The molecule has 29 heavy (non-hydrogen) atoms. The van der Waals surface area contributed by atoms with Gasteiger partial charge in [0.05, 0.1) is 17.1 Å². The van der Waals surface area contributed by atoms with Gasteiger partial charge in [0.1, 0.15) is 5.82 Å². The van der Waals surface area contributed by atoms with Crippen LogP contribution >= 0.6 is 0 Å². The minimum Gasteiger partial charge on any atom is -0.452 e. The third-order valence-electron chi connectivity index (χ3n) is 5.86. The lowest BCUT2D eigenvalue weighted by atomic mass is 10.1. The Morgan fingerprint density at radius 1 is 1.10 bits per heavy atom. The van der Waals surface area contributed by atoms with Crippen molar-refractivity contribution in [3.63, 3.8) is 0 Å². The molecule has 2 aliphatic carbocycles. The van der Waals surface area contributed by atoms with Gasteiger partial charge in [-0.15, -0.1) is 0 Å². The van der Waals surface area contributed by atoms with Crippen LogP contribution in [0.15, 0.2) is 18.3 Å². The molecular formula is C20H27N3O5S. The molecular weight excluding hydrogens is 394 g/mol. The van der Waals surface area contributed by atoms with Gasteiger partial charge in [0.25, 0.3) is 5.91 Å². The summed E-state index contributed by atoms with van der Waals surface area (Å²) in [6.45, 7) is -0.381. The normalized spacial score (nSPS) is 23.7. The molecule has 1 atom stereocenters. The van der Waals surface area contributed by atoms with Gasteiger partial charge in [-0.2, -0.15) is 0 Å². The van der Waals surface area contributed by atoms with Crippen LogP contribution < -0.4 is 5.32 Å². The molecule has 1 aromatic rings. The molecule has 0 spiro atoms. The Hall–Kier alpha value is -2.16. The Morgan fingerprint density at radius 3 is 2.45 bits per heavy atom. The number of hydrogen-bond acceptors (Lipinski definition) is 7. The number of carbonyl (C=O) groups excluding carboxylic acids is 2. The molecule has 1 unspecified atom stereocenters. The van der Waals surface area contributed by atoms with Gasteiger partial charge in [-0.05, 0) is 44.2 Å². The van der Waals surface area contributed by atoms with E-state index in [4.69, 9.17) is 4.74 Å². The highest BCUT2D eigenvalue weighted by Gasteiger charge is 2.39. The number of rotatable bonds is 7. The van der Waals surface area contributed by atoms with Gasteiger partial charge in [-0.3, -0.25) is 4.79 Å². The van der Waals surface area contributed by atoms with E-state index < -0.39 is 15.8 Å². The van der Waals surface area contributed by atoms with E-state index in [2.05, 4.69) is 10.3 Å². The number of carbonyl (C=O) groups is 2. The molecule has 0 aromatic carbocycles. The van der Waals surface area contributed by atoms with Crippen LogP contribution in [-0.2, 0) is 19.4 Å². The van der Waals surface area contributed by atoms with Crippen molar-refractivity contribution >= 4 is 27.5 Å². The van der Waals surface area contributed by atoms with Crippen LogP contribution in [0.4, 0.5) is 5.82 Å². The van der Waals surface area contributed by atoms with Crippen molar-refractivity contribution in [3.8, 4) is 0 Å². The minimum atomic E-state index is -3.10. The highest BCUT2D eigenvalue weighted by Crippen LogP contribution is 2.29. The van der Waals surface area contributed by atoms with E-state index in [1.165, 1.54) is 6.20 Å². The number of pyridine rings is 1. The number of ether oxygens (including phenoxy) is 1. The van der Waals surface area contributed by atoms with E-state index >= 15 is 0 Å². The molecule has 1 aliphatic heterocycles. The number of aromatic nitrogens is 1. The van der Waals surface area contributed by atoms with Crippen molar-refractivity contribution < 1.29 is 22.7 Å². The van der Waals surface area contributed by atoms with Crippen LogP contribution in [0.2, 0.25) is 0 Å². The summed E-state index contributed by atoms with van der Waals surface area (Å²) in [5.41, 5.74) is 0.287. The van der Waals surface area contributed by atoms with E-state index in [1.807, 2.05) is 0 Å². The minimum absolute atomic E-state index is 0.00254. The molecule has 1 saturated heterocycles. The average molecular weight is 422 g/mol. The van der Waals surface area contributed by atoms with Crippen LogP contribution in [0.3, 0.4) is 0 Å². The number of anilines is 1. The molecule has 2 heterocycles. The van der Waals surface area contributed by atoms with Crippen molar-refractivity contribution in [2.75, 3.05) is 23.4 Å². The SMILES string of the molecule is O=C(OCC(=O)N(C1CCCC1)C1CCS(=O)(=O)C1)c1ccc(NC2CC2)nc1. The molecule has 1 amide bonds. The van der Waals surface area contributed by atoms with Gasteiger partial charge in [-0.25, -0.2) is 18.2 Å². The lowest BCUT2D eigenvalue weighted by Crippen LogP contribution is -2.48. The second-order valence-corrected chi connectivity index (χ2v) is 10.5. The van der Waals surface area contributed by atoms with Gasteiger partial charge >= 0.3 is 5.97 Å². The Labute approximate surface area is 170 Å². The lowest BCUT2D eigenvalue weighted by molar-refractivity contribution is -0.139. The average Bonchev–Trinajstić information content (AvgIpc) is 3.20. The van der Waals surface area contributed by atoms with Crippen molar-refractivity contribution in [2.24, 2.45) is 0 Å². The van der Waals surface area contributed by atoms with Crippen molar-refractivity contribution in [1.82, 2.24) is 9.88 Å². The Bertz CT molecular complexity index is 861. The zero-order valence-electron chi connectivity index (χ0n) is 16.4. The summed E-state index contributed by atoms with van der Waals surface area (Å²) in [7, 11) is -3.10. The van der Waals surface area contributed by atoms with Gasteiger partial charge in [0.2, 0.25) is 0 Å². The van der Waals surface area contributed by atoms with Gasteiger partial charge in [-0.1, -0.05) is 12.8 Å². The van der Waals surface area contributed by atoms with Crippen LogP contribution in [0.5, 0.6) is 0 Å². The fourth-order valence-electron chi connectivity index (χ4n) is 4.20. The molecule has 8 nitrogen and oxygen atoms in total. The molecule has 1 aromatic heterocycles. The van der Waals surface area contributed by atoms with E-state index in [-0.39, 0.29) is 41.7 Å². The first-order valence-corrected chi connectivity index (χ1v) is 12.1. The third kappa shape index (κ3) is 5.07. The van der Waals surface area contributed by atoms with E-state index in [0.717, 1.165) is 44.3 Å². The first kappa shape index (κ1) is 20.1. The smallest absolute Gasteiger partial charge is 0.340 e. The molecule has 4 rings (SSSR count). The fourth-order valence-corrected chi connectivity index (χ4v) is 5.92. The van der Waals surface area contributed by atoms with Crippen LogP contribution in [0.25, 0.3) is 0 Å². The Kier molecular flexibility index (Phi) is 5.76. The van der Waals surface area contributed by atoms with Gasteiger partial charge in [0.15, 0.2) is 16.4 Å². The van der Waals surface area contributed by atoms with Crippen molar-refractivity contribution in [1.29, 1.82) is 0 Å². The molecule has 3 aliphatic rings. The second-order valence-electron chi connectivity index (χ2n) is 8.22. The molecule has 9 heteroatoms. The number of hydrogen-bond donors (Lipinski definition) is 1. The monoisotopic (exact) mass is 421 g/mol. The van der Waals surface area contributed by atoms with Crippen molar-refractivity contribution in [2.45, 2.75) is 63.1 Å². The predicted molar refractivity (Wildman–Crippen MR) is 107 cm³/mol. The molecule has 3 fully saturated rings. The zero-order valence-corrected chi connectivity index (χ0v) is 17.2. The van der Waals surface area contributed by atoms with Gasteiger partial charge in [0, 0.05) is 24.3 Å². The highest BCUT2D eigenvalue weighted by atomic mass is 32.2. The number of nitrogens with zero attached hydrogens (tertiary/aromatic N) is 2. The maximum atomic E-state index is 12.9. The van der Waals surface area contributed by atoms with E-state index in [9.17, 15) is 18.0 Å². The largest absolute Gasteiger partial charge is 0.452 e. The summed E-state index contributed by atoms with van der Waals surface area (Å²) in [6, 6.07) is 3.55. The molecule has 2 saturated carbocycles. The maximum absolute atomic E-state index is 12.9. The molecule has 0 bridgehead atoms. The fraction of sp³-hybridized carbons (Fsp3) is 0.650. The first-order valence-electron chi connectivity index (χ1n) is 10.3. The zero-order chi connectivity index (χ0) is 20.4. The quantitative estimate of drug-likeness (QED) is 0.669. The number of amides is 1. The Morgan fingerprint density at radius 2 is 1.86 bits per heavy atom. The Balaban J connectivity index is 1.36. The summed E-state index contributed by atoms with van der Waals surface area (Å²) in [5, 5.41) is 3.24. The molecule has 1 N–H and O–H groups in total. The summed E-state index contributed by atoms with van der Waals surface area (Å²) in [5.74, 6) is -0.0831. The number of sulfone groups is 1. The summed E-state index contributed by atoms with van der Waals surface area (Å²) in [6.07, 6.45) is 7.96. The summed E-state index contributed by atoms with van der Waals surface area (Å²) in [4.78, 5) is 31.1. The summed E-state index contributed by atoms with van der Waals surface area (Å²) < 4.78 is 29.0.